The number of aromatic nitrogens is 1. The highest BCUT2D eigenvalue weighted by Crippen LogP contribution is 2.32. The van der Waals surface area contributed by atoms with Gasteiger partial charge in [-0.15, -0.1) is 11.3 Å². The Morgan fingerprint density at radius 3 is 3.00 bits per heavy atom. The number of rotatable bonds is 6. The van der Waals surface area contributed by atoms with E-state index >= 15 is 0 Å². The minimum absolute atomic E-state index is 0.205. The van der Waals surface area contributed by atoms with Gasteiger partial charge in [0, 0.05) is 28.5 Å². The summed E-state index contributed by atoms with van der Waals surface area (Å²) in [6, 6.07) is 6.27. The van der Waals surface area contributed by atoms with Crippen LogP contribution >= 0.6 is 38.9 Å². The van der Waals surface area contributed by atoms with Crippen LogP contribution in [0.2, 0.25) is 5.02 Å². The van der Waals surface area contributed by atoms with E-state index in [0.717, 1.165) is 39.5 Å². The van der Waals surface area contributed by atoms with E-state index in [0.29, 0.717) is 0 Å². The van der Waals surface area contributed by atoms with Gasteiger partial charge in [0.15, 0.2) is 0 Å². The monoisotopic (exact) mass is 358 g/mol. The van der Waals surface area contributed by atoms with Gasteiger partial charge in [0.1, 0.15) is 0 Å². The van der Waals surface area contributed by atoms with Crippen molar-refractivity contribution in [1.29, 1.82) is 0 Å². The standard InChI is InChI=1S/C14H16BrClN2S/c1-2-6-17-12(9-13-18-7-8-19-13)10-4-3-5-11(15)14(10)16/h3-5,7-8,12,17H,2,6,9H2,1H3. The van der Waals surface area contributed by atoms with Gasteiger partial charge in [-0.3, -0.25) is 0 Å². The number of benzene rings is 1. The highest BCUT2D eigenvalue weighted by Gasteiger charge is 2.17. The molecule has 0 amide bonds. The molecule has 102 valence electrons. The average Bonchev–Trinajstić information content (AvgIpc) is 2.91. The topological polar surface area (TPSA) is 24.9 Å². The molecule has 1 heterocycles. The van der Waals surface area contributed by atoms with Gasteiger partial charge in [0.05, 0.1) is 10.0 Å². The Morgan fingerprint density at radius 2 is 2.32 bits per heavy atom. The quantitative estimate of drug-likeness (QED) is 0.798. The predicted molar refractivity (Wildman–Crippen MR) is 86.0 cm³/mol. The maximum absolute atomic E-state index is 6.40. The third-order valence-electron chi connectivity index (χ3n) is 2.86. The van der Waals surface area contributed by atoms with Crippen molar-refractivity contribution in [2.24, 2.45) is 0 Å². The highest BCUT2D eigenvalue weighted by molar-refractivity contribution is 9.10. The molecule has 0 fully saturated rings. The third-order valence-corrected chi connectivity index (χ3v) is 4.97. The summed E-state index contributed by atoms with van der Waals surface area (Å²) in [5, 5.41) is 7.48. The van der Waals surface area contributed by atoms with Crippen molar-refractivity contribution >= 4 is 38.9 Å². The Kier molecular flexibility index (Phi) is 5.82. The summed E-state index contributed by atoms with van der Waals surface area (Å²) in [5.74, 6) is 0. The smallest absolute Gasteiger partial charge is 0.0943 e. The first-order chi connectivity index (χ1) is 9.22. The second-order valence-corrected chi connectivity index (χ2v) is 6.49. The molecule has 0 spiro atoms. The van der Waals surface area contributed by atoms with Crippen LogP contribution in [0.5, 0.6) is 0 Å². The van der Waals surface area contributed by atoms with Gasteiger partial charge >= 0.3 is 0 Å². The third kappa shape index (κ3) is 4.02. The lowest BCUT2D eigenvalue weighted by atomic mass is 10.0. The molecule has 0 aliphatic heterocycles. The van der Waals surface area contributed by atoms with Crippen molar-refractivity contribution in [1.82, 2.24) is 10.3 Å². The number of hydrogen-bond acceptors (Lipinski definition) is 3. The second kappa shape index (κ2) is 7.39. The van der Waals surface area contributed by atoms with Crippen molar-refractivity contribution in [2.45, 2.75) is 25.8 Å². The Labute approximate surface area is 131 Å². The lowest BCUT2D eigenvalue weighted by molar-refractivity contribution is 0.528. The summed E-state index contributed by atoms with van der Waals surface area (Å²) in [4.78, 5) is 4.37. The molecular formula is C14H16BrClN2S. The molecule has 1 atom stereocenters. The zero-order chi connectivity index (χ0) is 13.7. The van der Waals surface area contributed by atoms with Crippen molar-refractivity contribution in [3.8, 4) is 0 Å². The minimum Gasteiger partial charge on any atom is -0.310 e. The van der Waals surface area contributed by atoms with Crippen LogP contribution in [0, 0.1) is 0 Å². The predicted octanol–water partition coefficient (Wildman–Crippen LogP) is 4.84. The van der Waals surface area contributed by atoms with E-state index in [1.54, 1.807) is 11.3 Å². The van der Waals surface area contributed by atoms with Gasteiger partial charge in [-0.25, -0.2) is 4.98 Å². The van der Waals surface area contributed by atoms with Gasteiger partial charge < -0.3 is 5.32 Å². The van der Waals surface area contributed by atoms with Crippen molar-refractivity contribution in [2.75, 3.05) is 6.54 Å². The van der Waals surface area contributed by atoms with Gasteiger partial charge in [0.2, 0.25) is 0 Å². The van der Waals surface area contributed by atoms with Gasteiger partial charge in [-0.05, 0) is 40.5 Å². The number of halogens is 2. The molecule has 19 heavy (non-hydrogen) atoms. The molecule has 0 radical (unpaired) electrons. The van der Waals surface area contributed by atoms with Crippen LogP contribution in [0.3, 0.4) is 0 Å². The minimum atomic E-state index is 0.205. The lowest BCUT2D eigenvalue weighted by Gasteiger charge is -2.19. The molecule has 5 heteroatoms. The van der Waals surface area contributed by atoms with Gasteiger partial charge in [0.25, 0.3) is 0 Å². The van der Waals surface area contributed by atoms with E-state index in [9.17, 15) is 0 Å². The maximum atomic E-state index is 6.40. The van der Waals surface area contributed by atoms with Crippen molar-refractivity contribution in [3.05, 3.63) is 49.8 Å². The zero-order valence-electron chi connectivity index (χ0n) is 10.7. The molecule has 1 aromatic carbocycles. The fourth-order valence-electron chi connectivity index (χ4n) is 1.93. The normalized spacial score (nSPS) is 12.6. The van der Waals surface area contributed by atoms with Crippen LogP contribution in [-0.2, 0) is 6.42 Å². The van der Waals surface area contributed by atoms with E-state index in [1.807, 2.05) is 23.7 Å². The molecule has 2 aromatic rings. The number of thiazole rings is 1. The first-order valence-electron chi connectivity index (χ1n) is 6.28. The van der Waals surface area contributed by atoms with E-state index in [4.69, 9.17) is 11.6 Å². The molecule has 0 aliphatic carbocycles. The Hall–Kier alpha value is -0.420. The van der Waals surface area contributed by atoms with Gasteiger partial charge in [-0.2, -0.15) is 0 Å². The largest absolute Gasteiger partial charge is 0.310 e. The summed E-state index contributed by atoms with van der Waals surface area (Å²) < 4.78 is 0.939. The molecule has 1 aromatic heterocycles. The lowest BCUT2D eigenvalue weighted by Crippen LogP contribution is -2.24. The molecule has 0 saturated heterocycles. The van der Waals surface area contributed by atoms with E-state index in [-0.39, 0.29) is 6.04 Å². The average molecular weight is 360 g/mol. The Morgan fingerprint density at radius 1 is 1.47 bits per heavy atom. The number of nitrogens with zero attached hydrogens (tertiary/aromatic N) is 1. The molecule has 0 aliphatic rings. The number of nitrogens with one attached hydrogen (secondary N) is 1. The Bertz CT molecular complexity index is 516. The van der Waals surface area contributed by atoms with Gasteiger partial charge in [-0.1, -0.05) is 30.7 Å². The molecule has 2 nitrogen and oxygen atoms in total. The van der Waals surface area contributed by atoms with Crippen molar-refractivity contribution < 1.29 is 0 Å². The van der Waals surface area contributed by atoms with Crippen LogP contribution in [0.15, 0.2) is 34.2 Å². The Balaban J connectivity index is 2.23. The fraction of sp³-hybridized carbons (Fsp3) is 0.357. The van der Waals surface area contributed by atoms with Crippen LogP contribution in [0.1, 0.15) is 30.0 Å². The second-order valence-electron chi connectivity index (χ2n) is 4.28. The molecule has 2 rings (SSSR count). The maximum Gasteiger partial charge on any atom is 0.0943 e. The van der Waals surface area contributed by atoms with Crippen LogP contribution in [0.4, 0.5) is 0 Å². The van der Waals surface area contributed by atoms with Crippen LogP contribution in [0.25, 0.3) is 0 Å². The SMILES string of the molecule is CCCNC(Cc1nccs1)c1cccc(Br)c1Cl. The molecule has 0 saturated carbocycles. The fourth-order valence-corrected chi connectivity index (χ4v) is 3.23. The number of hydrogen-bond donors (Lipinski definition) is 1. The molecule has 1 N–H and O–H groups in total. The van der Waals surface area contributed by atoms with E-state index in [1.165, 1.54) is 0 Å². The molecule has 0 bridgehead atoms. The van der Waals surface area contributed by atoms with Crippen molar-refractivity contribution in [3.63, 3.8) is 0 Å². The first kappa shape index (κ1) is 15.0. The highest BCUT2D eigenvalue weighted by atomic mass is 79.9. The van der Waals surface area contributed by atoms with Crippen LogP contribution < -0.4 is 5.32 Å². The summed E-state index contributed by atoms with van der Waals surface area (Å²) in [6.07, 6.45) is 3.81. The summed E-state index contributed by atoms with van der Waals surface area (Å²) in [6.45, 7) is 3.13. The molecule has 1 unspecified atom stereocenters. The summed E-state index contributed by atoms with van der Waals surface area (Å²) in [5.41, 5.74) is 1.12. The first-order valence-corrected chi connectivity index (χ1v) is 8.33. The van der Waals surface area contributed by atoms with E-state index in [2.05, 4.69) is 39.2 Å². The zero-order valence-corrected chi connectivity index (χ0v) is 13.9. The summed E-state index contributed by atoms with van der Waals surface area (Å²) in [7, 11) is 0. The summed E-state index contributed by atoms with van der Waals surface area (Å²) >= 11 is 11.6. The van der Waals surface area contributed by atoms with E-state index < -0.39 is 0 Å². The molecular weight excluding hydrogens is 344 g/mol. The van der Waals surface area contributed by atoms with Crippen LogP contribution in [-0.4, -0.2) is 11.5 Å².